The molecule has 1 aliphatic rings. The van der Waals surface area contributed by atoms with Crippen LogP contribution in [0.3, 0.4) is 0 Å². The van der Waals surface area contributed by atoms with Crippen molar-refractivity contribution in [2.75, 3.05) is 19.6 Å². The van der Waals surface area contributed by atoms with Crippen molar-refractivity contribution in [2.24, 2.45) is 5.73 Å². The molecule has 0 saturated carbocycles. The Morgan fingerprint density at radius 3 is 3.07 bits per heavy atom. The van der Waals surface area contributed by atoms with Gasteiger partial charge in [0.15, 0.2) is 0 Å². The van der Waals surface area contributed by atoms with Crippen LogP contribution in [0.15, 0.2) is 18.2 Å². The average Bonchev–Trinajstić information content (AvgIpc) is 2.20. The lowest BCUT2D eigenvalue weighted by atomic mass is 10.00. The van der Waals surface area contributed by atoms with E-state index < -0.39 is 0 Å². The molecular formula is C11H15ClN2. The molecule has 2 N–H and O–H groups in total. The van der Waals surface area contributed by atoms with Gasteiger partial charge in [-0.3, -0.25) is 4.90 Å². The number of nitrogens with zero attached hydrogens (tertiary/aromatic N) is 1. The van der Waals surface area contributed by atoms with Crippen LogP contribution in [0.2, 0.25) is 5.02 Å². The molecule has 1 aromatic carbocycles. The van der Waals surface area contributed by atoms with Gasteiger partial charge in [-0.2, -0.15) is 0 Å². The minimum atomic E-state index is 0.722. The first-order valence-corrected chi connectivity index (χ1v) is 5.38. The van der Waals surface area contributed by atoms with Gasteiger partial charge in [-0.15, -0.1) is 0 Å². The molecule has 0 aromatic heterocycles. The van der Waals surface area contributed by atoms with Crippen LogP contribution in [0.1, 0.15) is 11.1 Å². The molecule has 1 aromatic rings. The average molecular weight is 211 g/mol. The van der Waals surface area contributed by atoms with Gasteiger partial charge >= 0.3 is 0 Å². The fourth-order valence-electron chi connectivity index (χ4n) is 1.97. The molecule has 0 spiro atoms. The molecule has 2 nitrogen and oxygen atoms in total. The molecule has 76 valence electrons. The van der Waals surface area contributed by atoms with E-state index in [4.69, 9.17) is 17.3 Å². The lowest BCUT2D eigenvalue weighted by molar-refractivity contribution is 0.261. The molecule has 0 aliphatic carbocycles. The normalized spacial score (nSPS) is 16.7. The zero-order valence-electron chi connectivity index (χ0n) is 8.17. The van der Waals surface area contributed by atoms with Gasteiger partial charge in [-0.25, -0.2) is 0 Å². The largest absolute Gasteiger partial charge is 0.329 e. The van der Waals surface area contributed by atoms with E-state index in [1.165, 1.54) is 11.1 Å². The summed E-state index contributed by atoms with van der Waals surface area (Å²) in [5, 5.41) is 0.893. The highest BCUT2D eigenvalue weighted by Crippen LogP contribution is 2.25. The fourth-order valence-corrected chi connectivity index (χ4v) is 2.22. The van der Waals surface area contributed by atoms with Gasteiger partial charge in [0.25, 0.3) is 0 Å². The summed E-state index contributed by atoms with van der Waals surface area (Å²) >= 11 is 6.15. The summed E-state index contributed by atoms with van der Waals surface area (Å²) in [4.78, 5) is 2.36. The van der Waals surface area contributed by atoms with Crippen molar-refractivity contribution in [3.05, 3.63) is 34.3 Å². The summed E-state index contributed by atoms with van der Waals surface area (Å²) in [6.45, 7) is 3.74. The van der Waals surface area contributed by atoms with E-state index in [0.29, 0.717) is 0 Å². The topological polar surface area (TPSA) is 29.3 Å². The Labute approximate surface area is 89.7 Å². The van der Waals surface area contributed by atoms with Crippen molar-refractivity contribution in [1.29, 1.82) is 0 Å². The van der Waals surface area contributed by atoms with Gasteiger partial charge in [0, 0.05) is 31.2 Å². The zero-order valence-corrected chi connectivity index (χ0v) is 8.93. The van der Waals surface area contributed by atoms with Gasteiger partial charge in [0.05, 0.1) is 0 Å². The summed E-state index contributed by atoms with van der Waals surface area (Å²) in [5.74, 6) is 0. The summed E-state index contributed by atoms with van der Waals surface area (Å²) in [5.41, 5.74) is 8.22. The van der Waals surface area contributed by atoms with Gasteiger partial charge in [0.1, 0.15) is 0 Å². The third-order valence-corrected chi connectivity index (χ3v) is 3.09. The van der Waals surface area contributed by atoms with Crippen LogP contribution in [0.5, 0.6) is 0 Å². The molecule has 3 heteroatoms. The summed E-state index contributed by atoms with van der Waals surface area (Å²) in [6.07, 6.45) is 1.09. The smallest absolute Gasteiger partial charge is 0.0453 e. The van der Waals surface area contributed by atoms with Crippen molar-refractivity contribution >= 4 is 11.6 Å². The van der Waals surface area contributed by atoms with Gasteiger partial charge in [-0.1, -0.05) is 23.7 Å². The van der Waals surface area contributed by atoms with E-state index in [1.807, 2.05) is 12.1 Å². The van der Waals surface area contributed by atoms with E-state index in [9.17, 15) is 0 Å². The lowest BCUT2D eigenvalue weighted by Crippen LogP contribution is -2.34. The van der Waals surface area contributed by atoms with Crippen LogP contribution in [0, 0.1) is 0 Å². The molecule has 0 fully saturated rings. The molecule has 0 atom stereocenters. The maximum Gasteiger partial charge on any atom is 0.0453 e. The third kappa shape index (κ3) is 1.92. The number of benzene rings is 1. The molecular weight excluding hydrogens is 196 g/mol. The van der Waals surface area contributed by atoms with E-state index in [2.05, 4.69) is 11.0 Å². The van der Waals surface area contributed by atoms with E-state index in [0.717, 1.165) is 37.6 Å². The highest BCUT2D eigenvalue weighted by molar-refractivity contribution is 6.31. The maximum atomic E-state index is 6.15. The molecule has 0 radical (unpaired) electrons. The second-order valence-electron chi connectivity index (χ2n) is 3.69. The van der Waals surface area contributed by atoms with E-state index in [1.54, 1.807) is 0 Å². The van der Waals surface area contributed by atoms with E-state index >= 15 is 0 Å². The number of fused-ring (bicyclic) bond motifs is 1. The molecule has 0 bridgehead atoms. The van der Waals surface area contributed by atoms with Crippen LogP contribution in [-0.4, -0.2) is 24.5 Å². The molecule has 2 rings (SSSR count). The molecule has 1 heterocycles. The number of halogens is 1. The first-order chi connectivity index (χ1) is 6.81. The van der Waals surface area contributed by atoms with Gasteiger partial charge in [-0.05, 0) is 23.6 Å². The van der Waals surface area contributed by atoms with Gasteiger partial charge < -0.3 is 5.73 Å². The quantitative estimate of drug-likeness (QED) is 0.805. The molecule has 14 heavy (non-hydrogen) atoms. The van der Waals surface area contributed by atoms with Crippen LogP contribution in [0.4, 0.5) is 0 Å². The number of hydrogen-bond acceptors (Lipinski definition) is 2. The predicted octanol–water partition coefficient (Wildman–Crippen LogP) is 1.66. The SMILES string of the molecule is NCCN1CCc2cccc(Cl)c2C1. The summed E-state index contributed by atoms with van der Waals surface area (Å²) < 4.78 is 0. The second kappa shape index (κ2) is 4.30. The third-order valence-electron chi connectivity index (χ3n) is 2.74. The minimum Gasteiger partial charge on any atom is -0.329 e. The molecule has 0 unspecified atom stereocenters. The standard InChI is InChI=1S/C11H15ClN2/c12-11-3-1-2-9-4-6-14(7-5-13)8-10(9)11/h1-3H,4-8,13H2. The lowest BCUT2D eigenvalue weighted by Gasteiger charge is -2.28. The highest BCUT2D eigenvalue weighted by Gasteiger charge is 2.17. The predicted molar refractivity (Wildman–Crippen MR) is 59.5 cm³/mol. The molecule has 0 amide bonds. The van der Waals surface area contributed by atoms with Crippen LogP contribution in [0.25, 0.3) is 0 Å². The maximum absolute atomic E-state index is 6.15. The number of hydrogen-bond donors (Lipinski definition) is 1. The van der Waals surface area contributed by atoms with Crippen molar-refractivity contribution in [3.8, 4) is 0 Å². The van der Waals surface area contributed by atoms with Gasteiger partial charge in [0.2, 0.25) is 0 Å². The van der Waals surface area contributed by atoms with Crippen LogP contribution < -0.4 is 5.73 Å². The van der Waals surface area contributed by atoms with Crippen LogP contribution >= 0.6 is 11.6 Å². The van der Waals surface area contributed by atoms with Crippen molar-refractivity contribution in [2.45, 2.75) is 13.0 Å². The first kappa shape index (κ1) is 9.97. The minimum absolute atomic E-state index is 0.722. The highest BCUT2D eigenvalue weighted by atomic mass is 35.5. The summed E-state index contributed by atoms with van der Waals surface area (Å²) in [6, 6.07) is 6.16. The van der Waals surface area contributed by atoms with Crippen molar-refractivity contribution in [1.82, 2.24) is 4.90 Å². The monoisotopic (exact) mass is 210 g/mol. The zero-order chi connectivity index (χ0) is 9.97. The van der Waals surface area contributed by atoms with Crippen LogP contribution in [-0.2, 0) is 13.0 Å². The Kier molecular flexibility index (Phi) is 3.06. The number of rotatable bonds is 2. The Bertz CT molecular complexity index is 325. The van der Waals surface area contributed by atoms with Crippen molar-refractivity contribution in [3.63, 3.8) is 0 Å². The Balaban J connectivity index is 2.20. The fraction of sp³-hybridized carbons (Fsp3) is 0.455. The Hall–Kier alpha value is -0.570. The van der Waals surface area contributed by atoms with E-state index in [-0.39, 0.29) is 0 Å². The molecule has 1 aliphatic heterocycles. The number of nitrogens with two attached hydrogens (primary N) is 1. The Morgan fingerprint density at radius 2 is 2.29 bits per heavy atom. The van der Waals surface area contributed by atoms with Crippen molar-refractivity contribution < 1.29 is 0 Å². The first-order valence-electron chi connectivity index (χ1n) is 5.00. The summed E-state index contributed by atoms with van der Waals surface area (Å²) in [7, 11) is 0. The second-order valence-corrected chi connectivity index (χ2v) is 4.10. The Morgan fingerprint density at radius 1 is 1.43 bits per heavy atom. The molecule has 0 saturated heterocycles.